The van der Waals surface area contributed by atoms with Gasteiger partial charge in [0.05, 0.1) is 15.1 Å². The second-order valence-electron chi connectivity index (χ2n) is 10.2. The minimum absolute atomic E-state index is 0.614. The highest BCUT2D eigenvalue weighted by Crippen LogP contribution is 2.39. The Bertz CT molecular complexity index is 2240. The lowest BCUT2D eigenvalue weighted by molar-refractivity contribution is 1.07. The number of aromatic nitrogens is 5. The molecule has 0 fully saturated rings. The fourth-order valence-electron chi connectivity index (χ4n) is 5.39. The van der Waals surface area contributed by atoms with Gasteiger partial charge < -0.3 is 0 Å². The van der Waals surface area contributed by atoms with Crippen LogP contribution in [0.3, 0.4) is 0 Å². The van der Waals surface area contributed by atoms with Crippen LogP contribution in [-0.4, -0.2) is 24.9 Å². The number of fused-ring (bicyclic) bond motifs is 3. The standard InChI is InChI=1S/C37H23N5S/c1-3-9-24(10-4-1)26-13-7-15-28(21-26)36-40-35(25-11-5-2-6-12-25)41-37(42-36)29-16-8-14-27(22-29)33-34-31(18-20-39-33)30-17-19-38-23-32(30)43-34/h1-23H. The predicted octanol–water partition coefficient (Wildman–Crippen LogP) is 9.36. The van der Waals surface area contributed by atoms with Crippen molar-refractivity contribution >= 4 is 31.5 Å². The SMILES string of the molecule is c1ccc(-c2cccc(-c3nc(-c4ccccc4)nc(-c4cccc(-c5nccc6c5sc5cnccc56)c4)n3)c2)cc1. The molecule has 0 N–H and O–H groups in total. The van der Waals surface area contributed by atoms with Crippen LogP contribution in [0.25, 0.3) is 76.7 Å². The molecule has 0 amide bonds. The highest BCUT2D eigenvalue weighted by atomic mass is 32.1. The molecule has 0 unspecified atom stereocenters. The maximum Gasteiger partial charge on any atom is 0.164 e. The normalized spacial score (nSPS) is 11.3. The summed E-state index contributed by atoms with van der Waals surface area (Å²) in [5.41, 5.74) is 6.98. The van der Waals surface area contributed by atoms with Crippen molar-refractivity contribution in [1.29, 1.82) is 0 Å². The second kappa shape index (κ2) is 10.7. The Kier molecular flexibility index (Phi) is 6.24. The summed E-state index contributed by atoms with van der Waals surface area (Å²) in [6.45, 7) is 0. The lowest BCUT2D eigenvalue weighted by Gasteiger charge is -2.10. The summed E-state index contributed by atoms with van der Waals surface area (Å²) < 4.78 is 2.29. The van der Waals surface area contributed by atoms with Gasteiger partial charge in [-0.05, 0) is 35.4 Å². The van der Waals surface area contributed by atoms with Crippen molar-refractivity contribution in [3.05, 3.63) is 140 Å². The molecule has 0 aliphatic carbocycles. The topological polar surface area (TPSA) is 64.5 Å². The van der Waals surface area contributed by atoms with Gasteiger partial charge in [-0.25, -0.2) is 15.0 Å². The fourth-order valence-corrected chi connectivity index (χ4v) is 6.56. The maximum atomic E-state index is 5.02. The third-order valence-corrected chi connectivity index (χ3v) is 8.64. The van der Waals surface area contributed by atoms with Crippen LogP contribution in [0.1, 0.15) is 0 Å². The average molecular weight is 570 g/mol. The summed E-state index contributed by atoms with van der Waals surface area (Å²) in [6.07, 6.45) is 5.64. The summed E-state index contributed by atoms with van der Waals surface area (Å²) in [5, 5.41) is 2.38. The van der Waals surface area contributed by atoms with Gasteiger partial charge in [-0.2, -0.15) is 0 Å². The number of hydrogen-bond acceptors (Lipinski definition) is 6. The van der Waals surface area contributed by atoms with Crippen LogP contribution < -0.4 is 0 Å². The van der Waals surface area contributed by atoms with E-state index in [2.05, 4.69) is 77.8 Å². The van der Waals surface area contributed by atoms with Crippen LogP contribution in [0, 0.1) is 0 Å². The molecule has 8 rings (SSSR count). The van der Waals surface area contributed by atoms with Crippen LogP contribution in [0.2, 0.25) is 0 Å². The molecule has 0 aliphatic heterocycles. The van der Waals surface area contributed by atoms with Gasteiger partial charge in [-0.15, -0.1) is 11.3 Å². The van der Waals surface area contributed by atoms with Gasteiger partial charge in [0.15, 0.2) is 17.5 Å². The smallest absolute Gasteiger partial charge is 0.164 e. The lowest BCUT2D eigenvalue weighted by atomic mass is 10.0. The van der Waals surface area contributed by atoms with E-state index >= 15 is 0 Å². The van der Waals surface area contributed by atoms with Gasteiger partial charge >= 0.3 is 0 Å². The first-order valence-electron chi connectivity index (χ1n) is 14.0. The minimum Gasteiger partial charge on any atom is -0.263 e. The van der Waals surface area contributed by atoms with Crippen molar-refractivity contribution in [1.82, 2.24) is 24.9 Å². The highest BCUT2D eigenvalue weighted by molar-refractivity contribution is 7.26. The van der Waals surface area contributed by atoms with Gasteiger partial charge in [0, 0.05) is 51.6 Å². The third kappa shape index (κ3) is 4.74. The van der Waals surface area contributed by atoms with Crippen molar-refractivity contribution in [2.45, 2.75) is 0 Å². The Morgan fingerprint density at radius 1 is 0.442 bits per heavy atom. The molecule has 6 heteroatoms. The van der Waals surface area contributed by atoms with Crippen LogP contribution in [0.5, 0.6) is 0 Å². The molecule has 4 aromatic carbocycles. The highest BCUT2D eigenvalue weighted by Gasteiger charge is 2.16. The Labute approximate surface area is 252 Å². The monoisotopic (exact) mass is 569 g/mol. The molecule has 202 valence electrons. The number of hydrogen-bond donors (Lipinski definition) is 0. The average Bonchev–Trinajstić information content (AvgIpc) is 3.48. The Morgan fingerprint density at radius 2 is 1.00 bits per heavy atom. The molecule has 0 bridgehead atoms. The number of nitrogens with zero attached hydrogens (tertiary/aromatic N) is 5. The number of rotatable bonds is 5. The number of benzene rings is 4. The second-order valence-corrected chi connectivity index (χ2v) is 11.3. The molecule has 4 aromatic heterocycles. The van der Waals surface area contributed by atoms with Crippen molar-refractivity contribution in [3.8, 4) is 56.5 Å². The summed E-state index contributed by atoms with van der Waals surface area (Å²) in [5.74, 6) is 1.88. The molecule has 0 atom stereocenters. The van der Waals surface area contributed by atoms with Crippen LogP contribution in [-0.2, 0) is 0 Å². The summed E-state index contributed by atoms with van der Waals surface area (Å²) in [4.78, 5) is 24.1. The Hall–Kier alpha value is -5.59. The maximum absolute atomic E-state index is 5.02. The largest absolute Gasteiger partial charge is 0.263 e. The predicted molar refractivity (Wildman–Crippen MR) is 175 cm³/mol. The molecule has 43 heavy (non-hydrogen) atoms. The Morgan fingerprint density at radius 3 is 1.72 bits per heavy atom. The molecule has 8 aromatic rings. The van der Waals surface area contributed by atoms with E-state index in [9.17, 15) is 0 Å². The first-order chi connectivity index (χ1) is 21.3. The van der Waals surface area contributed by atoms with E-state index in [0.717, 1.165) is 48.5 Å². The van der Waals surface area contributed by atoms with Crippen LogP contribution in [0.15, 0.2) is 140 Å². The van der Waals surface area contributed by atoms with Crippen LogP contribution >= 0.6 is 11.3 Å². The molecule has 5 nitrogen and oxygen atoms in total. The van der Waals surface area contributed by atoms with E-state index in [0.29, 0.717) is 17.5 Å². The first-order valence-corrected chi connectivity index (χ1v) is 14.8. The summed E-state index contributed by atoms with van der Waals surface area (Å²) in [6, 6.07) is 41.2. The molecular formula is C37H23N5S. The minimum atomic E-state index is 0.614. The first kappa shape index (κ1) is 25.1. The van der Waals surface area contributed by atoms with Gasteiger partial charge in [0.2, 0.25) is 0 Å². The molecule has 0 spiro atoms. The van der Waals surface area contributed by atoms with Crippen molar-refractivity contribution < 1.29 is 0 Å². The van der Waals surface area contributed by atoms with E-state index < -0.39 is 0 Å². The quantitative estimate of drug-likeness (QED) is 0.207. The molecule has 0 saturated carbocycles. The zero-order chi connectivity index (χ0) is 28.6. The van der Waals surface area contributed by atoms with E-state index in [4.69, 9.17) is 19.9 Å². The number of pyridine rings is 2. The van der Waals surface area contributed by atoms with E-state index in [1.807, 2.05) is 67.1 Å². The van der Waals surface area contributed by atoms with Crippen molar-refractivity contribution in [2.24, 2.45) is 0 Å². The van der Waals surface area contributed by atoms with Crippen molar-refractivity contribution in [3.63, 3.8) is 0 Å². The fraction of sp³-hybridized carbons (Fsp3) is 0. The third-order valence-electron chi connectivity index (χ3n) is 7.48. The molecule has 4 heterocycles. The number of thiophene rings is 1. The van der Waals surface area contributed by atoms with Gasteiger partial charge in [-0.1, -0.05) is 97.1 Å². The van der Waals surface area contributed by atoms with Gasteiger partial charge in [-0.3, -0.25) is 9.97 Å². The van der Waals surface area contributed by atoms with Gasteiger partial charge in [0.25, 0.3) is 0 Å². The summed E-state index contributed by atoms with van der Waals surface area (Å²) >= 11 is 1.72. The zero-order valence-electron chi connectivity index (χ0n) is 22.9. The lowest BCUT2D eigenvalue weighted by Crippen LogP contribution is -2.00. The van der Waals surface area contributed by atoms with E-state index in [1.54, 1.807) is 11.3 Å². The van der Waals surface area contributed by atoms with E-state index in [1.165, 1.54) is 10.8 Å². The molecule has 0 radical (unpaired) electrons. The molecule has 0 saturated heterocycles. The molecular weight excluding hydrogens is 547 g/mol. The van der Waals surface area contributed by atoms with Crippen molar-refractivity contribution in [2.75, 3.05) is 0 Å². The van der Waals surface area contributed by atoms with Gasteiger partial charge in [0.1, 0.15) is 0 Å². The summed E-state index contributed by atoms with van der Waals surface area (Å²) in [7, 11) is 0. The molecule has 0 aliphatic rings. The van der Waals surface area contributed by atoms with E-state index in [-0.39, 0.29) is 0 Å². The zero-order valence-corrected chi connectivity index (χ0v) is 23.7. The Balaban J connectivity index is 1.28. The van der Waals surface area contributed by atoms with Crippen LogP contribution in [0.4, 0.5) is 0 Å².